The highest BCUT2D eigenvalue weighted by Gasteiger charge is 2.08. The second-order valence-electron chi connectivity index (χ2n) is 4.96. The largest absolute Gasteiger partial charge is 0.398 e. The van der Waals surface area contributed by atoms with Gasteiger partial charge in [-0.15, -0.1) is 0 Å². The van der Waals surface area contributed by atoms with E-state index >= 15 is 0 Å². The summed E-state index contributed by atoms with van der Waals surface area (Å²) in [6, 6.07) is 4.45. The van der Waals surface area contributed by atoms with Gasteiger partial charge in [-0.25, -0.2) is 0 Å². The van der Waals surface area contributed by atoms with Crippen LogP contribution in [0.3, 0.4) is 0 Å². The van der Waals surface area contributed by atoms with E-state index in [0.717, 1.165) is 6.42 Å². The molecular weight excluding hydrogens is 256 g/mol. The predicted molar refractivity (Wildman–Crippen MR) is 80.5 cm³/mol. The van der Waals surface area contributed by atoms with Gasteiger partial charge in [-0.2, -0.15) is 0 Å². The number of hydrogen-bond acceptors (Lipinski definition) is 4. The van der Waals surface area contributed by atoms with Crippen LogP contribution in [-0.4, -0.2) is 11.5 Å². The van der Waals surface area contributed by atoms with Crippen molar-refractivity contribution in [1.82, 2.24) is 0 Å². The molecular formula is C15H24N2O3. The second-order valence-corrected chi connectivity index (χ2v) is 4.96. The van der Waals surface area contributed by atoms with E-state index < -0.39 is 4.92 Å². The Morgan fingerprint density at radius 3 is 2.60 bits per heavy atom. The molecule has 0 saturated carbocycles. The molecule has 112 valence electrons. The Labute approximate surface area is 120 Å². The fraction of sp³-hybridized carbons (Fsp3) is 0.600. The van der Waals surface area contributed by atoms with Crippen molar-refractivity contribution in [3.05, 3.63) is 33.9 Å². The maximum Gasteiger partial charge on any atom is 0.269 e. The minimum Gasteiger partial charge on any atom is -0.398 e. The van der Waals surface area contributed by atoms with Crippen molar-refractivity contribution in [2.75, 3.05) is 12.3 Å². The Morgan fingerprint density at radius 2 is 1.90 bits per heavy atom. The monoisotopic (exact) mass is 280 g/mol. The van der Waals surface area contributed by atoms with E-state index in [1.54, 1.807) is 6.07 Å². The van der Waals surface area contributed by atoms with Crippen LogP contribution >= 0.6 is 0 Å². The van der Waals surface area contributed by atoms with E-state index in [-0.39, 0.29) is 5.69 Å². The summed E-state index contributed by atoms with van der Waals surface area (Å²) in [5.74, 6) is 0. The van der Waals surface area contributed by atoms with Crippen molar-refractivity contribution in [3.63, 3.8) is 0 Å². The van der Waals surface area contributed by atoms with Crippen LogP contribution in [0.4, 0.5) is 11.4 Å². The highest BCUT2D eigenvalue weighted by Crippen LogP contribution is 2.20. The van der Waals surface area contributed by atoms with E-state index in [9.17, 15) is 10.1 Å². The Balaban J connectivity index is 2.24. The lowest BCUT2D eigenvalue weighted by Gasteiger charge is -2.07. The molecule has 0 bridgehead atoms. The van der Waals surface area contributed by atoms with Crippen LogP contribution in [0.5, 0.6) is 0 Å². The van der Waals surface area contributed by atoms with Gasteiger partial charge in [0.05, 0.1) is 11.5 Å². The molecule has 5 nitrogen and oxygen atoms in total. The maximum atomic E-state index is 10.7. The zero-order chi connectivity index (χ0) is 14.8. The van der Waals surface area contributed by atoms with E-state index in [1.807, 2.05) is 0 Å². The highest BCUT2D eigenvalue weighted by atomic mass is 16.6. The first-order chi connectivity index (χ1) is 9.65. The summed E-state index contributed by atoms with van der Waals surface area (Å²) in [6.07, 6.45) is 7.28. The van der Waals surface area contributed by atoms with Gasteiger partial charge in [0, 0.05) is 30.0 Å². The number of nitrogens with two attached hydrogens (primary N) is 1. The number of rotatable bonds is 10. The van der Waals surface area contributed by atoms with Crippen LogP contribution < -0.4 is 5.73 Å². The van der Waals surface area contributed by atoms with Gasteiger partial charge in [-0.1, -0.05) is 39.0 Å². The molecule has 1 rings (SSSR count). The van der Waals surface area contributed by atoms with Gasteiger partial charge in [0.15, 0.2) is 0 Å². The number of benzene rings is 1. The molecule has 1 aromatic carbocycles. The van der Waals surface area contributed by atoms with Gasteiger partial charge in [0.1, 0.15) is 0 Å². The van der Waals surface area contributed by atoms with E-state index in [0.29, 0.717) is 24.5 Å². The van der Waals surface area contributed by atoms with Crippen molar-refractivity contribution in [2.45, 2.75) is 52.1 Å². The summed E-state index contributed by atoms with van der Waals surface area (Å²) in [6.45, 7) is 3.21. The Morgan fingerprint density at radius 1 is 1.20 bits per heavy atom. The SMILES string of the molecule is CCCCCCCCOCc1cc([N+](=O)[O-])ccc1N. The maximum absolute atomic E-state index is 10.7. The quantitative estimate of drug-likeness (QED) is 0.303. The number of nitrogens with zero attached hydrogens (tertiary/aromatic N) is 1. The van der Waals surface area contributed by atoms with Gasteiger partial charge in [-0.3, -0.25) is 10.1 Å². The third kappa shape index (κ3) is 6.02. The Kier molecular flexibility index (Phi) is 7.65. The molecule has 0 unspecified atom stereocenters. The van der Waals surface area contributed by atoms with E-state index in [2.05, 4.69) is 6.92 Å². The van der Waals surface area contributed by atoms with Gasteiger partial charge < -0.3 is 10.5 Å². The van der Waals surface area contributed by atoms with E-state index in [4.69, 9.17) is 10.5 Å². The molecule has 0 heterocycles. The molecule has 0 spiro atoms. The minimum absolute atomic E-state index is 0.0531. The number of nitro benzene ring substituents is 1. The molecule has 0 aromatic heterocycles. The number of unbranched alkanes of at least 4 members (excludes halogenated alkanes) is 5. The normalized spacial score (nSPS) is 10.7. The molecule has 0 fully saturated rings. The summed E-state index contributed by atoms with van der Waals surface area (Å²) in [7, 11) is 0. The molecule has 2 N–H and O–H groups in total. The lowest BCUT2D eigenvalue weighted by Crippen LogP contribution is -2.01. The Hall–Kier alpha value is -1.62. The summed E-state index contributed by atoms with van der Waals surface area (Å²) < 4.78 is 5.54. The number of nitro groups is 1. The first-order valence-electron chi connectivity index (χ1n) is 7.25. The summed E-state index contributed by atoms with van der Waals surface area (Å²) in [5.41, 5.74) is 7.06. The van der Waals surface area contributed by atoms with Gasteiger partial charge in [-0.05, 0) is 12.5 Å². The van der Waals surface area contributed by atoms with E-state index in [1.165, 1.54) is 44.2 Å². The predicted octanol–water partition coefficient (Wildman–Crippen LogP) is 4.05. The molecule has 0 aliphatic carbocycles. The van der Waals surface area contributed by atoms with Crippen molar-refractivity contribution < 1.29 is 9.66 Å². The molecule has 5 heteroatoms. The van der Waals surface area contributed by atoms with Crippen molar-refractivity contribution in [1.29, 1.82) is 0 Å². The molecule has 0 amide bonds. The second kappa shape index (κ2) is 9.31. The Bertz CT molecular complexity index is 422. The fourth-order valence-corrected chi connectivity index (χ4v) is 2.00. The third-order valence-corrected chi connectivity index (χ3v) is 3.24. The fourth-order valence-electron chi connectivity index (χ4n) is 2.00. The number of ether oxygens (including phenoxy) is 1. The van der Waals surface area contributed by atoms with Crippen molar-refractivity contribution in [3.8, 4) is 0 Å². The van der Waals surface area contributed by atoms with Crippen LogP contribution in [0.15, 0.2) is 18.2 Å². The topological polar surface area (TPSA) is 78.4 Å². The highest BCUT2D eigenvalue weighted by molar-refractivity contribution is 5.52. The summed E-state index contributed by atoms with van der Waals surface area (Å²) >= 11 is 0. The zero-order valence-electron chi connectivity index (χ0n) is 12.1. The number of anilines is 1. The molecule has 0 atom stereocenters. The lowest BCUT2D eigenvalue weighted by atomic mass is 10.1. The van der Waals surface area contributed by atoms with Gasteiger partial charge in [0.2, 0.25) is 0 Å². The van der Waals surface area contributed by atoms with Crippen LogP contribution in [-0.2, 0) is 11.3 Å². The molecule has 0 radical (unpaired) electrons. The third-order valence-electron chi connectivity index (χ3n) is 3.24. The molecule has 0 saturated heterocycles. The van der Waals surface area contributed by atoms with Crippen LogP contribution in [0.1, 0.15) is 51.0 Å². The van der Waals surface area contributed by atoms with Crippen molar-refractivity contribution in [2.24, 2.45) is 0 Å². The number of nitrogen functional groups attached to an aromatic ring is 1. The molecule has 20 heavy (non-hydrogen) atoms. The van der Waals surface area contributed by atoms with Gasteiger partial charge >= 0.3 is 0 Å². The van der Waals surface area contributed by atoms with Crippen LogP contribution in [0.25, 0.3) is 0 Å². The first kappa shape index (κ1) is 16.4. The minimum atomic E-state index is -0.420. The number of non-ortho nitro benzene ring substituents is 1. The first-order valence-corrected chi connectivity index (χ1v) is 7.25. The molecule has 0 aliphatic rings. The number of hydrogen-bond donors (Lipinski definition) is 1. The van der Waals surface area contributed by atoms with Crippen LogP contribution in [0.2, 0.25) is 0 Å². The smallest absolute Gasteiger partial charge is 0.269 e. The average Bonchev–Trinajstić information content (AvgIpc) is 2.43. The van der Waals surface area contributed by atoms with Gasteiger partial charge in [0.25, 0.3) is 5.69 Å². The summed E-state index contributed by atoms with van der Waals surface area (Å²) in [4.78, 5) is 10.3. The average molecular weight is 280 g/mol. The zero-order valence-corrected chi connectivity index (χ0v) is 12.1. The standard InChI is InChI=1S/C15H24N2O3/c1-2-3-4-5-6-7-10-20-12-13-11-14(17(18)19)8-9-15(13)16/h8-9,11H,2-7,10,12,16H2,1H3. The van der Waals surface area contributed by atoms with Crippen molar-refractivity contribution >= 4 is 11.4 Å². The van der Waals surface area contributed by atoms with Crippen LogP contribution in [0, 0.1) is 10.1 Å². The summed E-state index contributed by atoms with van der Waals surface area (Å²) in [5, 5.41) is 10.7. The molecule has 0 aliphatic heterocycles. The molecule has 1 aromatic rings. The lowest BCUT2D eigenvalue weighted by molar-refractivity contribution is -0.384.